The van der Waals surface area contributed by atoms with E-state index in [2.05, 4.69) is 22.5 Å². The maximum atomic E-state index is 6.16. The quantitative estimate of drug-likeness (QED) is 0.813. The zero-order valence-electron chi connectivity index (χ0n) is 10.8. The number of halogens is 2. The molecule has 0 amide bonds. The van der Waals surface area contributed by atoms with Gasteiger partial charge < -0.3 is 10.6 Å². The van der Waals surface area contributed by atoms with Crippen LogP contribution >= 0.6 is 23.2 Å². The maximum absolute atomic E-state index is 6.16. The molecule has 1 aliphatic carbocycles. The largest absolute Gasteiger partial charge is 0.369 e. The molecular weight excluding hydrogens is 269 g/mol. The molecule has 3 nitrogen and oxygen atoms in total. The minimum atomic E-state index is 0.387. The van der Waals surface area contributed by atoms with Crippen molar-refractivity contribution >= 4 is 34.8 Å². The van der Waals surface area contributed by atoms with Crippen LogP contribution in [0.25, 0.3) is 0 Å². The molecule has 5 heteroatoms. The van der Waals surface area contributed by atoms with Crippen LogP contribution in [-0.4, -0.2) is 17.6 Å². The highest BCUT2D eigenvalue weighted by Crippen LogP contribution is 2.35. The predicted octanol–water partition coefficient (Wildman–Crippen LogP) is 4.42. The zero-order chi connectivity index (χ0) is 13.1. The summed E-state index contributed by atoms with van der Waals surface area (Å²) in [5.41, 5.74) is 0. The minimum absolute atomic E-state index is 0.387. The summed E-state index contributed by atoms with van der Waals surface area (Å²) in [4.78, 5) is 4.44. The summed E-state index contributed by atoms with van der Waals surface area (Å²) < 4.78 is 0. The fourth-order valence-corrected chi connectivity index (χ4v) is 2.49. The molecule has 18 heavy (non-hydrogen) atoms. The average molecular weight is 288 g/mol. The molecule has 0 saturated heterocycles. The van der Waals surface area contributed by atoms with Gasteiger partial charge in [-0.15, -0.1) is 0 Å². The third-order valence-electron chi connectivity index (χ3n) is 3.04. The van der Waals surface area contributed by atoms with Gasteiger partial charge in [-0.1, -0.05) is 36.0 Å². The normalized spacial score (nSPS) is 16.4. The van der Waals surface area contributed by atoms with Gasteiger partial charge in [0.2, 0.25) is 0 Å². The number of hydrogen-bond donors (Lipinski definition) is 2. The van der Waals surface area contributed by atoms with Crippen LogP contribution in [0, 0.1) is 5.92 Å². The summed E-state index contributed by atoms with van der Waals surface area (Å²) in [6, 6.07) is 2.12. The molecular formula is C13H19Cl2N3. The maximum Gasteiger partial charge on any atom is 0.147 e. The Hall–Kier alpha value is -0.670. The first-order valence-electron chi connectivity index (χ1n) is 6.46. The number of nitrogens with zero attached hydrogens (tertiary/aromatic N) is 1. The fraction of sp³-hybridized carbons (Fsp3) is 0.615. The molecule has 1 heterocycles. The molecule has 1 aliphatic rings. The first-order valence-corrected chi connectivity index (χ1v) is 7.22. The molecule has 1 fully saturated rings. The van der Waals surface area contributed by atoms with Gasteiger partial charge in [0.25, 0.3) is 0 Å². The van der Waals surface area contributed by atoms with Crippen molar-refractivity contribution in [3.8, 4) is 0 Å². The van der Waals surface area contributed by atoms with Crippen molar-refractivity contribution in [1.82, 2.24) is 4.98 Å². The van der Waals surface area contributed by atoms with Crippen LogP contribution in [0.1, 0.15) is 33.1 Å². The van der Waals surface area contributed by atoms with E-state index in [-0.39, 0.29) is 0 Å². The zero-order valence-corrected chi connectivity index (χ0v) is 12.3. The molecule has 1 aromatic rings. The Morgan fingerprint density at radius 3 is 2.61 bits per heavy atom. The third-order valence-corrected chi connectivity index (χ3v) is 3.62. The fourth-order valence-electron chi connectivity index (χ4n) is 2.01. The molecule has 100 valence electrons. The highest BCUT2D eigenvalue weighted by molar-refractivity contribution is 6.37. The van der Waals surface area contributed by atoms with Crippen molar-refractivity contribution in [2.75, 3.05) is 17.2 Å². The predicted molar refractivity (Wildman–Crippen MR) is 78.8 cm³/mol. The minimum Gasteiger partial charge on any atom is -0.369 e. The number of hydrogen-bond acceptors (Lipinski definition) is 3. The summed E-state index contributed by atoms with van der Waals surface area (Å²) in [6.45, 7) is 4.96. The van der Waals surface area contributed by atoms with Gasteiger partial charge in [-0.2, -0.15) is 0 Å². The van der Waals surface area contributed by atoms with Crippen LogP contribution < -0.4 is 10.6 Å². The Balaban J connectivity index is 2.07. The number of anilines is 2. The summed E-state index contributed by atoms with van der Waals surface area (Å²) in [5, 5.41) is 7.62. The summed E-state index contributed by atoms with van der Waals surface area (Å²) in [7, 11) is 0. The Morgan fingerprint density at radius 2 is 2.00 bits per heavy atom. The van der Waals surface area contributed by atoms with E-state index in [4.69, 9.17) is 23.2 Å². The van der Waals surface area contributed by atoms with E-state index in [0.717, 1.165) is 12.5 Å². The van der Waals surface area contributed by atoms with Gasteiger partial charge in [0.1, 0.15) is 11.6 Å². The molecule has 1 atom stereocenters. The van der Waals surface area contributed by atoms with Crippen LogP contribution in [0.5, 0.6) is 0 Å². The van der Waals surface area contributed by atoms with Crippen molar-refractivity contribution in [3.63, 3.8) is 0 Å². The van der Waals surface area contributed by atoms with Crippen molar-refractivity contribution in [3.05, 3.63) is 16.1 Å². The van der Waals surface area contributed by atoms with E-state index >= 15 is 0 Å². The van der Waals surface area contributed by atoms with Crippen molar-refractivity contribution in [2.45, 2.75) is 39.2 Å². The Kier molecular flexibility index (Phi) is 4.57. The molecule has 2 N–H and O–H groups in total. The van der Waals surface area contributed by atoms with Gasteiger partial charge in [0, 0.05) is 12.6 Å². The molecule has 0 spiro atoms. The first-order chi connectivity index (χ1) is 8.60. The second kappa shape index (κ2) is 5.98. The number of nitrogens with one attached hydrogen (secondary N) is 2. The van der Waals surface area contributed by atoms with Crippen LogP contribution in [0.15, 0.2) is 6.07 Å². The first kappa shape index (κ1) is 13.8. The molecule has 0 radical (unpaired) electrons. The molecule has 0 bridgehead atoms. The van der Waals surface area contributed by atoms with E-state index in [1.165, 1.54) is 19.3 Å². The molecule has 1 saturated carbocycles. The molecule has 2 rings (SSSR count). The van der Waals surface area contributed by atoms with Gasteiger partial charge in [-0.25, -0.2) is 4.98 Å². The number of aromatic nitrogens is 1. The van der Waals surface area contributed by atoms with E-state index in [1.54, 1.807) is 6.07 Å². The number of rotatable bonds is 6. The van der Waals surface area contributed by atoms with E-state index in [9.17, 15) is 0 Å². The van der Waals surface area contributed by atoms with Crippen LogP contribution in [0.3, 0.4) is 0 Å². The van der Waals surface area contributed by atoms with Crippen LogP contribution in [0.4, 0.5) is 11.6 Å². The molecule has 1 aromatic heterocycles. The lowest BCUT2D eigenvalue weighted by Gasteiger charge is -2.16. The van der Waals surface area contributed by atoms with Gasteiger partial charge in [0.15, 0.2) is 0 Å². The highest BCUT2D eigenvalue weighted by atomic mass is 35.5. The monoisotopic (exact) mass is 287 g/mol. The molecule has 0 aromatic carbocycles. The topological polar surface area (TPSA) is 37.0 Å². The van der Waals surface area contributed by atoms with Gasteiger partial charge >= 0.3 is 0 Å². The SMILES string of the molecule is CCNc1nc(NC(C)CC2CC2)c(Cl)cc1Cl. The molecule has 1 unspecified atom stereocenters. The second-order valence-electron chi connectivity index (χ2n) is 4.90. The van der Waals surface area contributed by atoms with E-state index < -0.39 is 0 Å². The highest BCUT2D eigenvalue weighted by Gasteiger charge is 2.24. The Morgan fingerprint density at radius 1 is 1.33 bits per heavy atom. The van der Waals surface area contributed by atoms with Gasteiger partial charge in [-0.3, -0.25) is 0 Å². The lowest BCUT2D eigenvalue weighted by atomic mass is 10.1. The van der Waals surface area contributed by atoms with Crippen LogP contribution in [-0.2, 0) is 0 Å². The summed E-state index contributed by atoms with van der Waals surface area (Å²) in [5.74, 6) is 2.28. The Labute approximate surface area is 118 Å². The van der Waals surface area contributed by atoms with E-state index in [1.807, 2.05) is 6.92 Å². The third kappa shape index (κ3) is 3.66. The van der Waals surface area contributed by atoms with Crippen LogP contribution in [0.2, 0.25) is 10.0 Å². The van der Waals surface area contributed by atoms with Crippen molar-refractivity contribution in [2.24, 2.45) is 5.92 Å². The lowest BCUT2D eigenvalue weighted by Crippen LogP contribution is -2.17. The van der Waals surface area contributed by atoms with Gasteiger partial charge in [-0.05, 0) is 32.3 Å². The Bertz CT molecular complexity index is 419. The average Bonchev–Trinajstić information content (AvgIpc) is 3.09. The second-order valence-corrected chi connectivity index (χ2v) is 5.72. The van der Waals surface area contributed by atoms with Gasteiger partial charge in [0.05, 0.1) is 10.0 Å². The van der Waals surface area contributed by atoms with Crippen molar-refractivity contribution in [1.29, 1.82) is 0 Å². The smallest absolute Gasteiger partial charge is 0.147 e. The van der Waals surface area contributed by atoms with E-state index in [0.29, 0.717) is 27.7 Å². The van der Waals surface area contributed by atoms with Crippen molar-refractivity contribution < 1.29 is 0 Å². The standard InChI is InChI=1S/C13H19Cl2N3/c1-3-16-12-10(14)7-11(15)13(18-12)17-8(2)6-9-4-5-9/h7-9H,3-6H2,1-2H3,(H2,16,17,18). The molecule has 0 aliphatic heterocycles. The number of pyridine rings is 1. The summed E-state index contributed by atoms with van der Waals surface area (Å²) >= 11 is 12.2. The summed E-state index contributed by atoms with van der Waals surface area (Å²) in [6.07, 6.45) is 3.89. The lowest BCUT2D eigenvalue weighted by molar-refractivity contribution is 0.640.